The Bertz CT molecular complexity index is 920. The van der Waals surface area contributed by atoms with E-state index in [1.165, 1.54) is 14.2 Å². The summed E-state index contributed by atoms with van der Waals surface area (Å²) < 4.78 is 15.0. The topological polar surface area (TPSA) is 141 Å². The van der Waals surface area contributed by atoms with Gasteiger partial charge in [-0.05, 0) is 17.7 Å². The van der Waals surface area contributed by atoms with Crippen LogP contribution in [0.15, 0.2) is 29.2 Å². The number of nitrogens with two attached hydrogens (primary N) is 1. The number of carbonyl (C=O) groups is 2. The van der Waals surface area contributed by atoms with Crippen LogP contribution < -0.4 is 20.8 Å². The fourth-order valence-electron chi connectivity index (χ4n) is 2.78. The summed E-state index contributed by atoms with van der Waals surface area (Å²) in [4.78, 5) is 38.2. The number of benzene rings is 1. The van der Waals surface area contributed by atoms with Crippen LogP contribution in [0.25, 0.3) is 0 Å². The van der Waals surface area contributed by atoms with Crippen LogP contribution in [0.4, 0.5) is 0 Å². The Hall–Kier alpha value is -3.49. The van der Waals surface area contributed by atoms with E-state index >= 15 is 0 Å². The first-order valence-corrected chi connectivity index (χ1v) is 7.87. The van der Waals surface area contributed by atoms with Crippen LogP contribution in [0, 0.1) is 0 Å². The highest BCUT2D eigenvalue weighted by Gasteiger charge is 2.28. The van der Waals surface area contributed by atoms with E-state index in [2.05, 4.69) is 9.72 Å². The number of H-pyrrole nitrogens is 1. The molecule has 27 heavy (non-hydrogen) atoms. The third-order valence-corrected chi connectivity index (χ3v) is 4.07. The first kappa shape index (κ1) is 19.8. The fraction of sp³-hybridized carbons (Fsp3) is 0.278. The summed E-state index contributed by atoms with van der Waals surface area (Å²) in [7, 11) is 4.05. The van der Waals surface area contributed by atoms with Gasteiger partial charge in [-0.3, -0.25) is 9.59 Å². The van der Waals surface area contributed by atoms with Crippen molar-refractivity contribution < 1.29 is 28.9 Å². The van der Waals surface area contributed by atoms with Crippen molar-refractivity contribution in [3.05, 3.63) is 51.4 Å². The lowest BCUT2D eigenvalue weighted by Crippen LogP contribution is -2.24. The summed E-state index contributed by atoms with van der Waals surface area (Å²) in [6, 6.07) is 4.77. The number of nitrogens with one attached hydrogen (secondary N) is 1. The predicted molar refractivity (Wildman–Crippen MR) is 95.3 cm³/mol. The van der Waals surface area contributed by atoms with Gasteiger partial charge in [-0.25, -0.2) is 4.79 Å². The molecule has 0 aliphatic heterocycles. The maximum atomic E-state index is 12.4. The molecule has 1 amide bonds. The fourth-order valence-corrected chi connectivity index (χ4v) is 2.78. The molecule has 0 aliphatic carbocycles. The van der Waals surface area contributed by atoms with Gasteiger partial charge < -0.3 is 30.0 Å². The molecule has 144 valence electrons. The number of pyridine rings is 1. The molecule has 0 spiro atoms. The molecule has 0 saturated carbocycles. The summed E-state index contributed by atoms with van der Waals surface area (Å²) in [6.45, 7) is 0. The first-order chi connectivity index (χ1) is 12.8. The van der Waals surface area contributed by atoms with Gasteiger partial charge in [-0.1, -0.05) is 6.07 Å². The molecule has 2 aromatic rings. The average Bonchev–Trinajstić information content (AvgIpc) is 2.65. The zero-order chi connectivity index (χ0) is 20.1. The van der Waals surface area contributed by atoms with Crippen LogP contribution in [0.3, 0.4) is 0 Å². The van der Waals surface area contributed by atoms with Gasteiger partial charge in [-0.2, -0.15) is 0 Å². The number of carbonyl (C=O) groups excluding carboxylic acids is 2. The van der Waals surface area contributed by atoms with E-state index in [0.29, 0.717) is 17.1 Å². The second kappa shape index (κ2) is 8.26. The number of hydrogen-bond acceptors (Lipinski definition) is 7. The third-order valence-electron chi connectivity index (χ3n) is 4.07. The van der Waals surface area contributed by atoms with Gasteiger partial charge in [-0.15, -0.1) is 0 Å². The molecule has 0 saturated heterocycles. The van der Waals surface area contributed by atoms with Crippen LogP contribution in [0.1, 0.15) is 33.8 Å². The second-order valence-corrected chi connectivity index (χ2v) is 5.62. The van der Waals surface area contributed by atoms with Crippen LogP contribution in [0.5, 0.6) is 17.2 Å². The summed E-state index contributed by atoms with van der Waals surface area (Å²) in [6.07, 6.45) is 0.764. The molecule has 0 aliphatic rings. The molecular weight excluding hydrogens is 356 g/mol. The van der Waals surface area contributed by atoms with E-state index in [9.17, 15) is 19.5 Å². The van der Waals surface area contributed by atoms with Crippen molar-refractivity contribution in [1.29, 1.82) is 0 Å². The van der Waals surface area contributed by atoms with Crippen molar-refractivity contribution in [3.8, 4) is 17.2 Å². The van der Waals surface area contributed by atoms with E-state index in [0.717, 1.165) is 13.3 Å². The normalized spacial score (nSPS) is 11.5. The Balaban J connectivity index is 2.70. The molecule has 9 heteroatoms. The number of ether oxygens (including phenoxy) is 3. The summed E-state index contributed by atoms with van der Waals surface area (Å²) >= 11 is 0. The molecule has 1 unspecified atom stereocenters. The molecule has 0 radical (unpaired) electrons. The number of rotatable bonds is 7. The smallest absolute Gasteiger partial charge is 0.343 e. The third kappa shape index (κ3) is 4.02. The molecule has 1 aromatic carbocycles. The zero-order valence-corrected chi connectivity index (χ0v) is 15.1. The number of primary amides is 1. The maximum Gasteiger partial charge on any atom is 0.343 e. The highest BCUT2D eigenvalue weighted by molar-refractivity contribution is 5.92. The Morgan fingerprint density at radius 1 is 1.19 bits per heavy atom. The Kier molecular flexibility index (Phi) is 6.07. The summed E-state index contributed by atoms with van der Waals surface area (Å²) in [5.41, 5.74) is 4.73. The van der Waals surface area contributed by atoms with Crippen LogP contribution in [-0.4, -0.2) is 43.3 Å². The Morgan fingerprint density at radius 2 is 1.85 bits per heavy atom. The van der Waals surface area contributed by atoms with Crippen LogP contribution in [-0.2, 0) is 9.53 Å². The Morgan fingerprint density at radius 3 is 2.41 bits per heavy atom. The van der Waals surface area contributed by atoms with Gasteiger partial charge in [0.05, 0.1) is 26.9 Å². The highest BCUT2D eigenvalue weighted by Crippen LogP contribution is 2.37. The largest absolute Gasteiger partial charge is 0.506 e. The SMILES string of the molecule is COC(=O)c1c[nH]c(=O)c(C(CC(N)=O)c2ccc(OC)c(OC)c2)c1O. The summed E-state index contributed by atoms with van der Waals surface area (Å²) in [5.74, 6) is -2.22. The predicted octanol–water partition coefficient (Wildman–Crippen LogP) is 0.892. The van der Waals surface area contributed by atoms with E-state index in [1.807, 2.05) is 0 Å². The average molecular weight is 376 g/mol. The molecule has 9 nitrogen and oxygen atoms in total. The number of esters is 1. The number of amides is 1. The molecule has 1 heterocycles. The minimum absolute atomic E-state index is 0.177. The minimum Gasteiger partial charge on any atom is -0.506 e. The number of aromatic nitrogens is 1. The van der Waals surface area contributed by atoms with Crippen molar-refractivity contribution in [1.82, 2.24) is 4.98 Å². The molecule has 1 aromatic heterocycles. The van der Waals surface area contributed by atoms with Gasteiger partial charge in [0, 0.05) is 18.5 Å². The quantitative estimate of drug-likeness (QED) is 0.609. The van der Waals surface area contributed by atoms with Gasteiger partial charge in [0.1, 0.15) is 11.3 Å². The minimum atomic E-state index is -0.921. The second-order valence-electron chi connectivity index (χ2n) is 5.62. The number of methoxy groups -OCH3 is 3. The van der Waals surface area contributed by atoms with Crippen molar-refractivity contribution in [2.24, 2.45) is 5.73 Å². The molecule has 0 bridgehead atoms. The van der Waals surface area contributed by atoms with E-state index in [4.69, 9.17) is 15.2 Å². The van der Waals surface area contributed by atoms with Crippen molar-refractivity contribution in [2.75, 3.05) is 21.3 Å². The highest BCUT2D eigenvalue weighted by atomic mass is 16.5. The lowest BCUT2D eigenvalue weighted by atomic mass is 9.87. The number of hydrogen-bond donors (Lipinski definition) is 3. The van der Waals surface area contributed by atoms with Gasteiger partial charge >= 0.3 is 5.97 Å². The molecule has 1 atom stereocenters. The van der Waals surface area contributed by atoms with Crippen LogP contribution >= 0.6 is 0 Å². The first-order valence-electron chi connectivity index (χ1n) is 7.87. The molecule has 0 fully saturated rings. The lowest BCUT2D eigenvalue weighted by Gasteiger charge is -2.19. The zero-order valence-electron chi connectivity index (χ0n) is 15.1. The monoisotopic (exact) mass is 376 g/mol. The van der Waals surface area contributed by atoms with E-state index in [1.54, 1.807) is 18.2 Å². The standard InChI is InChI=1S/C18H20N2O7/c1-25-12-5-4-9(6-13(12)26-2)10(7-14(19)21)15-16(22)11(18(24)27-3)8-20-17(15)23/h4-6,8,10H,7H2,1-3H3,(H2,19,21)(H2,20,22,23). The summed E-state index contributed by atoms with van der Waals surface area (Å²) in [5, 5.41) is 10.5. The molecule has 2 rings (SSSR count). The van der Waals surface area contributed by atoms with E-state index < -0.39 is 29.1 Å². The van der Waals surface area contributed by atoms with Crippen molar-refractivity contribution in [2.45, 2.75) is 12.3 Å². The van der Waals surface area contributed by atoms with Gasteiger partial charge in [0.25, 0.3) is 5.56 Å². The number of aromatic hydroxyl groups is 1. The number of aromatic amines is 1. The van der Waals surface area contributed by atoms with Gasteiger partial charge in [0.2, 0.25) is 5.91 Å². The van der Waals surface area contributed by atoms with E-state index in [-0.39, 0.29) is 17.5 Å². The Labute approximate surface area is 154 Å². The maximum absolute atomic E-state index is 12.4. The lowest BCUT2D eigenvalue weighted by molar-refractivity contribution is -0.118. The molecular formula is C18H20N2O7. The molecule has 4 N–H and O–H groups in total. The van der Waals surface area contributed by atoms with Crippen molar-refractivity contribution >= 4 is 11.9 Å². The van der Waals surface area contributed by atoms with Crippen molar-refractivity contribution in [3.63, 3.8) is 0 Å². The van der Waals surface area contributed by atoms with Gasteiger partial charge in [0.15, 0.2) is 11.5 Å². The van der Waals surface area contributed by atoms with Crippen LogP contribution in [0.2, 0.25) is 0 Å².